The van der Waals surface area contributed by atoms with Crippen LogP contribution in [0.4, 0.5) is 35.1 Å². The van der Waals surface area contributed by atoms with E-state index in [1.165, 1.54) is 36.4 Å². The molecule has 0 N–H and O–H groups in total. The van der Waals surface area contributed by atoms with E-state index in [1.54, 1.807) is 0 Å². The summed E-state index contributed by atoms with van der Waals surface area (Å²) in [6.07, 6.45) is -5.10. The SMILES string of the molecule is [O]N(C(c1ccccc1)c1ccccc1)C(F)(F)C(F)(F)C(F)(F)C(F)F. The Hall–Kier alpha value is -2.20. The molecule has 0 aliphatic heterocycles. The Balaban J connectivity index is 2.56. The second-order valence-electron chi connectivity index (χ2n) is 5.59. The molecule has 2 rings (SSSR count). The van der Waals surface area contributed by atoms with Gasteiger partial charge in [0, 0.05) is 0 Å². The molecule has 0 saturated carbocycles. The van der Waals surface area contributed by atoms with Gasteiger partial charge in [-0.15, -0.1) is 5.21 Å². The van der Waals surface area contributed by atoms with Crippen LogP contribution in [0.5, 0.6) is 0 Å². The number of rotatable bonds is 7. The number of hydrogen-bond donors (Lipinski definition) is 0. The lowest BCUT2D eigenvalue weighted by molar-refractivity contribution is -0.441. The Morgan fingerprint density at radius 3 is 1.41 bits per heavy atom. The third-order valence-corrected chi connectivity index (χ3v) is 3.81. The van der Waals surface area contributed by atoms with Gasteiger partial charge in [-0.05, 0) is 11.1 Å². The van der Waals surface area contributed by atoms with Gasteiger partial charge in [-0.25, -0.2) is 8.78 Å². The Kier molecular flexibility index (Phi) is 5.81. The molecule has 0 saturated heterocycles. The molecule has 2 nitrogen and oxygen atoms in total. The Morgan fingerprint density at radius 2 is 1.07 bits per heavy atom. The first-order valence-electron chi connectivity index (χ1n) is 7.42. The lowest BCUT2D eigenvalue weighted by atomic mass is 9.97. The van der Waals surface area contributed by atoms with Crippen molar-refractivity contribution in [3.05, 3.63) is 71.8 Å². The minimum absolute atomic E-state index is 0.213. The molecule has 1 radical (unpaired) electrons. The fourth-order valence-electron chi connectivity index (χ4n) is 2.37. The van der Waals surface area contributed by atoms with Crippen molar-refractivity contribution < 1.29 is 40.3 Å². The largest absolute Gasteiger partial charge is 0.398 e. The smallest absolute Gasteiger partial charge is 0.203 e. The van der Waals surface area contributed by atoms with Crippen molar-refractivity contribution in [2.75, 3.05) is 0 Å². The zero-order valence-corrected chi connectivity index (χ0v) is 13.3. The number of hydroxylamine groups is 2. The van der Waals surface area contributed by atoms with Gasteiger partial charge in [0.1, 0.15) is 0 Å². The van der Waals surface area contributed by atoms with E-state index in [9.17, 15) is 40.3 Å². The first-order valence-corrected chi connectivity index (χ1v) is 7.42. The van der Waals surface area contributed by atoms with E-state index >= 15 is 0 Å². The van der Waals surface area contributed by atoms with Crippen LogP contribution in [0.3, 0.4) is 0 Å². The molecule has 147 valence electrons. The highest BCUT2D eigenvalue weighted by Gasteiger charge is 2.78. The van der Waals surface area contributed by atoms with Crippen molar-refractivity contribution in [1.29, 1.82) is 0 Å². The molecule has 0 spiro atoms. The summed E-state index contributed by atoms with van der Waals surface area (Å²) in [6.45, 7) is 0. The molecule has 2 aromatic carbocycles. The van der Waals surface area contributed by atoms with Gasteiger partial charge in [-0.1, -0.05) is 65.7 Å². The molecule has 27 heavy (non-hydrogen) atoms. The summed E-state index contributed by atoms with van der Waals surface area (Å²) >= 11 is 0. The molecule has 0 amide bonds. The molecular formula is C17H12F8NO. The van der Waals surface area contributed by atoms with Crippen LogP contribution in [0, 0.1) is 0 Å². The zero-order chi connectivity index (χ0) is 20.5. The second-order valence-corrected chi connectivity index (χ2v) is 5.59. The Morgan fingerprint density at radius 1 is 0.704 bits per heavy atom. The van der Waals surface area contributed by atoms with Crippen LogP contribution in [0.15, 0.2) is 60.7 Å². The van der Waals surface area contributed by atoms with Crippen LogP contribution in [-0.4, -0.2) is 29.4 Å². The normalized spacial score (nSPS) is 13.6. The van der Waals surface area contributed by atoms with Crippen molar-refractivity contribution in [3.8, 4) is 0 Å². The number of halogens is 8. The lowest BCUT2D eigenvalue weighted by Crippen LogP contribution is -2.63. The monoisotopic (exact) mass is 398 g/mol. The van der Waals surface area contributed by atoms with E-state index in [0.717, 1.165) is 24.3 Å². The molecule has 0 bridgehead atoms. The van der Waals surface area contributed by atoms with Crippen molar-refractivity contribution >= 4 is 0 Å². The van der Waals surface area contributed by atoms with E-state index < -0.39 is 35.4 Å². The average Bonchev–Trinajstić information content (AvgIpc) is 2.63. The summed E-state index contributed by atoms with van der Waals surface area (Å²) in [7, 11) is 0. The van der Waals surface area contributed by atoms with Crippen LogP contribution in [0.25, 0.3) is 0 Å². The zero-order valence-electron chi connectivity index (χ0n) is 13.3. The van der Waals surface area contributed by atoms with Gasteiger partial charge in [0.15, 0.2) is 0 Å². The summed E-state index contributed by atoms with van der Waals surface area (Å²) < 4.78 is 106. The highest BCUT2D eigenvalue weighted by molar-refractivity contribution is 5.31. The number of hydrogen-bond acceptors (Lipinski definition) is 1. The summed E-state index contributed by atoms with van der Waals surface area (Å²) in [4.78, 5) is 0. The molecule has 10 heteroatoms. The first kappa shape index (κ1) is 21.1. The van der Waals surface area contributed by atoms with Crippen LogP contribution < -0.4 is 0 Å². The maximum Gasteiger partial charge on any atom is 0.398 e. The molecule has 0 fully saturated rings. The van der Waals surface area contributed by atoms with Crippen LogP contribution in [0.2, 0.25) is 0 Å². The summed E-state index contributed by atoms with van der Waals surface area (Å²) in [5, 5.41) is 10.6. The molecule has 0 aliphatic carbocycles. The second kappa shape index (κ2) is 7.43. The predicted molar refractivity (Wildman–Crippen MR) is 78.1 cm³/mol. The predicted octanol–water partition coefficient (Wildman–Crippen LogP) is 5.55. The van der Waals surface area contributed by atoms with Gasteiger partial charge in [-0.3, -0.25) is 0 Å². The summed E-state index contributed by atoms with van der Waals surface area (Å²) in [5.74, 6) is -13.0. The van der Waals surface area contributed by atoms with Crippen LogP contribution in [-0.2, 0) is 5.21 Å². The molecule has 0 atom stereocenters. The van der Waals surface area contributed by atoms with E-state index in [-0.39, 0.29) is 11.1 Å². The van der Waals surface area contributed by atoms with Gasteiger partial charge in [-0.2, -0.15) is 26.3 Å². The van der Waals surface area contributed by atoms with Crippen molar-refractivity contribution in [1.82, 2.24) is 5.06 Å². The highest BCUT2D eigenvalue weighted by atomic mass is 19.4. The summed E-state index contributed by atoms with van der Waals surface area (Å²) in [6, 6.07) is 4.41. The molecule has 0 heterocycles. The first-order chi connectivity index (χ1) is 12.4. The molecule has 0 aromatic heterocycles. The number of alkyl halides is 8. The van der Waals surface area contributed by atoms with E-state index in [0.29, 0.717) is 0 Å². The van der Waals surface area contributed by atoms with Crippen molar-refractivity contribution in [3.63, 3.8) is 0 Å². The molecular weight excluding hydrogens is 386 g/mol. The number of benzene rings is 2. The Bertz CT molecular complexity index is 700. The maximum atomic E-state index is 14.1. The number of nitrogens with zero attached hydrogens (tertiary/aromatic N) is 1. The van der Waals surface area contributed by atoms with Gasteiger partial charge >= 0.3 is 24.3 Å². The fourth-order valence-corrected chi connectivity index (χ4v) is 2.37. The third kappa shape index (κ3) is 3.63. The fraction of sp³-hybridized carbons (Fsp3) is 0.294. The topological polar surface area (TPSA) is 23.1 Å². The van der Waals surface area contributed by atoms with E-state index in [2.05, 4.69) is 0 Å². The Labute approximate surface area is 148 Å². The van der Waals surface area contributed by atoms with Gasteiger partial charge in [0.25, 0.3) is 0 Å². The average molecular weight is 398 g/mol. The maximum absolute atomic E-state index is 14.1. The van der Waals surface area contributed by atoms with Gasteiger partial charge < -0.3 is 0 Å². The van der Waals surface area contributed by atoms with Gasteiger partial charge in [0.05, 0.1) is 6.04 Å². The van der Waals surface area contributed by atoms with Crippen LogP contribution >= 0.6 is 0 Å². The van der Waals surface area contributed by atoms with E-state index in [1.807, 2.05) is 0 Å². The lowest BCUT2D eigenvalue weighted by Gasteiger charge is -2.38. The van der Waals surface area contributed by atoms with Crippen molar-refractivity contribution in [2.45, 2.75) is 30.4 Å². The molecule has 2 aromatic rings. The minimum Gasteiger partial charge on any atom is -0.203 e. The third-order valence-electron chi connectivity index (χ3n) is 3.81. The highest BCUT2D eigenvalue weighted by Crippen LogP contribution is 2.51. The molecule has 0 unspecified atom stereocenters. The molecule has 0 aliphatic rings. The van der Waals surface area contributed by atoms with Crippen molar-refractivity contribution in [2.24, 2.45) is 0 Å². The summed E-state index contributed by atoms with van der Waals surface area (Å²) in [5.41, 5.74) is -0.427. The standard InChI is InChI=1S/C17H12F8NO/c18-14(19)15(20,21)16(22,23)17(24,25)26(27)13(11-7-3-1-4-8-11)12-9-5-2-6-10-12/h1-10,13-14H. The van der Waals surface area contributed by atoms with Crippen LogP contribution in [0.1, 0.15) is 17.2 Å². The van der Waals surface area contributed by atoms with Gasteiger partial charge in [0.2, 0.25) is 0 Å². The minimum atomic E-state index is -6.63. The van der Waals surface area contributed by atoms with E-state index in [4.69, 9.17) is 0 Å². The quantitative estimate of drug-likeness (QED) is 0.341.